The van der Waals surface area contributed by atoms with Gasteiger partial charge in [-0.25, -0.2) is 4.98 Å². The molecule has 0 radical (unpaired) electrons. The number of aromatic nitrogens is 2. The molecule has 0 unspecified atom stereocenters. The number of rotatable bonds is 5. The van der Waals surface area contributed by atoms with Crippen molar-refractivity contribution in [2.45, 2.75) is 32.5 Å². The third-order valence-corrected chi connectivity index (χ3v) is 6.30. The molecule has 0 saturated heterocycles. The number of hydrogen-bond acceptors (Lipinski definition) is 6. The van der Waals surface area contributed by atoms with Gasteiger partial charge in [0.15, 0.2) is 5.16 Å². The highest BCUT2D eigenvalue weighted by molar-refractivity contribution is 7.99. The van der Waals surface area contributed by atoms with Gasteiger partial charge in [-0.1, -0.05) is 23.9 Å². The van der Waals surface area contributed by atoms with Gasteiger partial charge in [-0.2, -0.15) is 5.26 Å². The highest BCUT2D eigenvalue weighted by Crippen LogP contribution is 2.28. The molecule has 6 nitrogen and oxygen atoms in total. The molecule has 0 aliphatic rings. The molecule has 0 saturated carbocycles. The number of amides is 1. The van der Waals surface area contributed by atoms with Gasteiger partial charge in [0, 0.05) is 11.4 Å². The topological polar surface area (TPSA) is 87.8 Å². The van der Waals surface area contributed by atoms with Crippen molar-refractivity contribution >= 4 is 44.9 Å². The van der Waals surface area contributed by atoms with Crippen LogP contribution >= 0.6 is 23.1 Å². The second kappa shape index (κ2) is 7.94. The largest absolute Gasteiger partial charge is 0.324 e. The summed E-state index contributed by atoms with van der Waals surface area (Å²) in [4.78, 5) is 31.5. The molecule has 0 bridgehead atoms. The minimum atomic E-state index is -0.252. The summed E-state index contributed by atoms with van der Waals surface area (Å²) < 4.78 is 1.60. The van der Waals surface area contributed by atoms with E-state index < -0.39 is 0 Å². The average Bonchev–Trinajstić information content (AvgIpc) is 2.94. The van der Waals surface area contributed by atoms with Crippen LogP contribution in [-0.4, -0.2) is 21.2 Å². The molecule has 0 aliphatic carbocycles. The van der Waals surface area contributed by atoms with E-state index in [-0.39, 0.29) is 17.2 Å². The fourth-order valence-corrected chi connectivity index (χ4v) is 4.64. The minimum absolute atomic E-state index is 0.0675. The van der Waals surface area contributed by atoms with Crippen molar-refractivity contribution in [2.24, 2.45) is 0 Å². The second-order valence-electron chi connectivity index (χ2n) is 5.90. The number of aryl methyl sites for hydroxylation is 2. The SMILES string of the molecule is CCn1c(SCC(=O)Nc2ccccc2C#N)nc2sc(C)c(C)c2c1=O. The Labute approximate surface area is 164 Å². The number of anilines is 1. The molecule has 2 aromatic heterocycles. The maximum absolute atomic E-state index is 12.8. The van der Waals surface area contributed by atoms with Gasteiger partial charge < -0.3 is 5.32 Å². The van der Waals surface area contributed by atoms with Gasteiger partial charge >= 0.3 is 0 Å². The molecule has 8 heteroatoms. The molecule has 0 atom stereocenters. The van der Waals surface area contributed by atoms with Gasteiger partial charge in [-0.05, 0) is 38.5 Å². The number of nitrogens with zero attached hydrogens (tertiary/aromatic N) is 3. The number of nitrogens with one attached hydrogen (secondary N) is 1. The van der Waals surface area contributed by atoms with Crippen LogP contribution in [0.5, 0.6) is 0 Å². The zero-order chi connectivity index (χ0) is 19.6. The van der Waals surface area contributed by atoms with Crippen LogP contribution in [0, 0.1) is 25.2 Å². The van der Waals surface area contributed by atoms with E-state index in [1.807, 2.05) is 20.8 Å². The Morgan fingerprint density at radius 3 is 2.81 bits per heavy atom. The van der Waals surface area contributed by atoms with Gasteiger partial charge in [0.1, 0.15) is 10.9 Å². The first-order chi connectivity index (χ1) is 13.0. The zero-order valence-corrected chi connectivity index (χ0v) is 16.8. The maximum Gasteiger partial charge on any atom is 0.263 e. The van der Waals surface area contributed by atoms with E-state index in [9.17, 15) is 9.59 Å². The molecule has 27 heavy (non-hydrogen) atoms. The lowest BCUT2D eigenvalue weighted by Gasteiger charge is -2.10. The second-order valence-corrected chi connectivity index (χ2v) is 8.05. The maximum atomic E-state index is 12.8. The van der Waals surface area contributed by atoms with Crippen LogP contribution in [0.1, 0.15) is 22.9 Å². The lowest BCUT2D eigenvalue weighted by Crippen LogP contribution is -2.23. The van der Waals surface area contributed by atoms with Crippen molar-refractivity contribution in [1.82, 2.24) is 9.55 Å². The van der Waals surface area contributed by atoms with E-state index in [1.165, 1.54) is 23.1 Å². The van der Waals surface area contributed by atoms with E-state index in [0.717, 1.165) is 10.4 Å². The summed E-state index contributed by atoms with van der Waals surface area (Å²) in [6, 6.07) is 8.88. The lowest BCUT2D eigenvalue weighted by molar-refractivity contribution is -0.113. The Morgan fingerprint density at radius 2 is 2.11 bits per heavy atom. The van der Waals surface area contributed by atoms with Crippen LogP contribution in [0.3, 0.4) is 0 Å². The number of carbonyl (C=O) groups excluding carboxylic acids is 1. The molecule has 2 heterocycles. The number of fused-ring (bicyclic) bond motifs is 1. The molecule has 3 aromatic rings. The van der Waals surface area contributed by atoms with Crippen molar-refractivity contribution in [1.29, 1.82) is 5.26 Å². The van der Waals surface area contributed by atoms with E-state index in [4.69, 9.17) is 5.26 Å². The van der Waals surface area contributed by atoms with Crippen LogP contribution in [0.15, 0.2) is 34.2 Å². The number of thiophene rings is 1. The van der Waals surface area contributed by atoms with Gasteiger partial charge in [0.2, 0.25) is 5.91 Å². The predicted octanol–water partition coefficient (Wildman–Crippen LogP) is 3.70. The first-order valence-corrected chi connectivity index (χ1v) is 10.2. The van der Waals surface area contributed by atoms with Gasteiger partial charge in [0.05, 0.1) is 22.4 Å². The molecule has 138 valence electrons. The molecule has 1 aromatic carbocycles. The molecule has 1 N–H and O–H groups in total. The zero-order valence-electron chi connectivity index (χ0n) is 15.2. The average molecular weight is 399 g/mol. The normalized spacial score (nSPS) is 10.7. The molecular formula is C19H18N4O2S2. The number of carbonyl (C=O) groups is 1. The Kier molecular flexibility index (Phi) is 5.63. The van der Waals surface area contributed by atoms with Crippen molar-refractivity contribution in [2.75, 3.05) is 11.1 Å². The Hall–Kier alpha value is -2.63. The molecule has 0 aliphatic heterocycles. The number of benzene rings is 1. The van der Waals surface area contributed by atoms with E-state index in [2.05, 4.69) is 16.4 Å². The third kappa shape index (κ3) is 3.75. The van der Waals surface area contributed by atoms with Crippen LogP contribution < -0.4 is 10.9 Å². The standard InChI is InChI=1S/C19H18N4O2S2/c1-4-23-18(25)16-11(2)12(3)27-17(16)22-19(23)26-10-15(24)21-14-8-6-5-7-13(14)9-20/h5-8H,4,10H2,1-3H3,(H,21,24). The van der Waals surface area contributed by atoms with E-state index >= 15 is 0 Å². The van der Waals surface area contributed by atoms with Crippen molar-refractivity contribution in [3.05, 3.63) is 50.6 Å². The first-order valence-electron chi connectivity index (χ1n) is 8.38. The minimum Gasteiger partial charge on any atom is -0.324 e. The fraction of sp³-hybridized carbons (Fsp3) is 0.263. The monoisotopic (exact) mass is 398 g/mol. The smallest absolute Gasteiger partial charge is 0.263 e. The van der Waals surface area contributed by atoms with Crippen LogP contribution in [-0.2, 0) is 11.3 Å². The Morgan fingerprint density at radius 1 is 1.37 bits per heavy atom. The molecule has 0 spiro atoms. The summed E-state index contributed by atoms with van der Waals surface area (Å²) in [6.45, 7) is 6.28. The van der Waals surface area contributed by atoms with Crippen molar-refractivity contribution in [3.63, 3.8) is 0 Å². The summed E-state index contributed by atoms with van der Waals surface area (Å²) in [5, 5.41) is 13.0. The summed E-state index contributed by atoms with van der Waals surface area (Å²) in [7, 11) is 0. The summed E-state index contributed by atoms with van der Waals surface area (Å²) in [5.41, 5.74) is 1.79. The van der Waals surface area contributed by atoms with Gasteiger partial charge in [-0.15, -0.1) is 11.3 Å². The summed E-state index contributed by atoms with van der Waals surface area (Å²) in [5.74, 6) is -0.153. The van der Waals surface area contributed by atoms with Crippen molar-refractivity contribution in [3.8, 4) is 6.07 Å². The van der Waals surface area contributed by atoms with Crippen LogP contribution in [0.25, 0.3) is 10.2 Å². The number of para-hydroxylation sites is 1. The predicted molar refractivity (Wildman–Crippen MR) is 110 cm³/mol. The van der Waals surface area contributed by atoms with Crippen molar-refractivity contribution < 1.29 is 4.79 Å². The first kappa shape index (κ1) is 19.1. The molecule has 0 fully saturated rings. The lowest BCUT2D eigenvalue weighted by atomic mass is 10.2. The fourth-order valence-electron chi connectivity index (χ4n) is 2.70. The highest BCUT2D eigenvalue weighted by atomic mass is 32.2. The van der Waals surface area contributed by atoms with Crippen LogP contribution in [0.4, 0.5) is 5.69 Å². The summed E-state index contributed by atoms with van der Waals surface area (Å²) >= 11 is 2.71. The van der Waals surface area contributed by atoms with Gasteiger partial charge in [-0.3, -0.25) is 14.2 Å². The number of hydrogen-bond donors (Lipinski definition) is 1. The third-order valence-electron chi connectivity index (χ3n) is 4.22. The number of thioether (sulfide) groups is 1. The number of nitriles is 1. The van der Waals surface area contributed by atoms with E-state index in [1.54, 1.807) is 28.8 Å². The summed E-state index contributed by atoms with van der Waals surface area (Å²) in [6.07, 6.45) is 0. The molecule has 1 amide bonds. The Bertz CT molecular complexity index is 1130. The quantitative estimate of drug-likeness (QED) is 0.523. The highest BCUT2D eigenvalue weighted by Gasteiger charge is 2.17. The molecular weight excluding hydrogens is 380 g/mol. The molecule has 3 rings (SSSR count). The van der Waals surface area contributed by atoms with Gasteiger partial charge in [0.25, 0.3) is 5.56 Å². The van der Waals surface area contributed by atoms with E-state index in [0.29, 0.717) is 33.2 Å². The Balaban J connectivity index is 1.83. The van der Waals surface area contributed by atoms with Crippen LogP contribution in [0.2, 0.25) is 0 Å².